The molecule has 0 aliphatic rings. The van der Waals surface area contributed by atoms with Crippen molar-refractivity contribution in [3.63, 3.8) is 0 Å². The molecule has 2 aromatic carbocycles. The topological polar surface area (TPSA) is 73.9 Å². The highest BCUT2D eigenvalue weighted by molar-refractivity contribution is 6.44. The van der Waals surface area contributed by atoms with E-state index in [9.17, 15) is 9.59 Å². The average Bonchev–Trinajstić information content (AvgIpc) is 2.63. The van der Waals surface area contributed by atoms with E-state index >= 15 is 0 Å². The Bertz CT molecular complexity index is 795. The van der Waals surface area contributed by atoms with Crippen LogP contribution in [0.1, 0.15) is 10.4 Å². The first-order valence-corrected chi connectivity index (χ1v) is 7.85. The minimum absolute atomic E-state index is 0.149. The van der Waals surface area contributed by atoms with Crippen molar-refractivity contribution in [3.05, 3.63) is 52.0 Å². The molecule has 0 unspecified atom stereocenters. The highest BCUT2D eigenvalue weighted by atomic mass is 35.5. The summed E-state index contributed by atoms with van der Waals surface area (Å²) in [7, 11) is 2.89. The van der Waals surface area contributed by atoms with E-state index in [1.165, 1.54) is 20.3 Å². The monoisotopic (exact) mass is 383 g/mol. The van der Waals surface area contributed by atoms with Crippen molar-refractivity contribution in [1.82, 2.24) is 0 Å². The number of benzene rings is 2. The summed E-state index contributed by atoms with van der Waals surface area (Å²) in [6, 6.07) is 9.49. The van der Waals surface area contributed by atoms with Gasteiger partial charge in [0.25, 0.3) is 5.91 Å². The van der Waals surface area contributed by atoms with Crippen LogP contribution >= 0.6 is 23.2 Å². The predicted molar refractivity (Wildman–Crippen MR) is 94.9 cm³/mol. The summed E-state index contributed by atoms with van der Waals surface area (Å²) in [6.45, 7) is -0.498. The second kappa shape index (κ2) is 8.60. The standard InChI is InChI=1S/C17H15Cl2NO5/c1-23-10-6-7-14(24-2)11(8-10)17(22)25-9-15(21)20-13-5-3-4-12(18)16(13)19/h3-8H,9H2,1-2H3,(H,20,21). The molecule has 0 aliphatic carbocycles. The van der Waals surface area contributed by atoms with Crippen LogP contribution in [-0.2, 0) is 9.53 Å². The Morgan fingerprint density at radius 2 is 1.84 bits per heavy atom. The second-order valence-corrected chi connectivity index (χ2v) is 5.58. The van der Waals surface area contributed by atoms with Crippen molar-refractivity contribution in [2.45, 2.75) is 0 Å². The second-order valence-electron chi connectivity index (χ2n) is 4.79. The Labute approximate surface area is 154 Å². The van der Waals surface area contributed by atoms with E-state index in [0.29, 0.717) is 22.2 Å². The number of esters is 1. The zero-order chi connectivity index (χ0) is 18.4. The lowest BCUT2D eigenvalue weighted by Crippen LogP contribution is -2.21. The molecule has 0 spiro atoms. The molecule has 1 N–H and O–H groups in total. The largest absolute Gasteiger partial charge is 0.497 e. The average molecular weight is 384 g/mol. The van der Waals surface area contributed by atoms with E-state index in [0.717, 1.165) is 0 Å². The number of carbonyl (C=O) groups is 2. The molecule has 0 saturated carbocycles. The lowest BCUT2D eigenvalue weighted by Gasteiger charge is -2.11. The molecule has 25 heavy (non-hydrogen) atoms. The summed E-state index contributed by atoms with van der Waals surface area (Å²) in [6.07, 6.45) is 0. The van der Waals surface area contributed by atoms with Gasteiger partial charge in [0.1, 0.15) is 17.1 Å². The van der Waals surface area contributed by atoms with Crippen molar-refractivity contribution in [2.24, 2.45) is 0 Å². The fourth-order valence-electron chi connectivity index (χ4n) is 1.97. The summed E-state index contributed by atoms with van der Waals surface area (Å²) >= 11 is 11.9. The van der Waals surface area contributed by atoms with Gasteiger partial charge in [-0.1, -0.05) is 29.3 Å². The molecule has 0 aliphatic heterocycles. The van der Waals surface area contributed by atoms with Crippen molar-refractivity contribution in [2.75, 3.05) is 26.1 Å². The van der Waals surface area contributed by atoms with Gasteiger partial charge in [-0.2, -0.15) is 0 Å². The Hall–Kier alpha value is -2.44. The number of methoxy groups -OCH3 is 2. The van der Waals surface area contributed by atoms with Gasteiger partial charge in [-0.25, -0.2) is 4.79 Å². The third-order valence-corrected chi connectivity index (χ3v) is 4.01. The molecule has 0 radical (unpaired) electrons. The van der Waals surface area contributed by atoms with Gasteiger partial charge >= 0.3 is 5.97 Å². The van der Waals surface area contributed by atoms with E-state index in [-0.39, 0.29) is 10.6 Å². The summed E-state index contributed by atoms with van der Waals surface area (Å²) in [5, 5.41) is 3.03. The molecule has 2 rings (SSSR count). The fourth-order valence-corrected chi connectivity index (χ4v) is 2.32. The van der Waals surface area contributed by atoms with Crippen LogP contribution < -0.4 is 14.8 Å². The lowest BCUT2D eigenvalue weighted by atomic mass is 10.2. The molecule has 0 heterocycles. The van der Waals surface area contributed by atoms with Crippen molar-refractivity contribution >= 4 is 40.8 Å². The Morgan fingerprint density at radius 3 is 2.52 bits per heavy atom. The molecule has 1 amide bonds. The number of anilines is 1. The maximum Gasteiger partial charge on any atom is 0.342 e. The van der Waals surface area contributed by atoms with E-state index in [2.05, 4.69) is 5.32 Å². The van der Waals surface area contributed by atoms with E-state index in [1.807, 2.05) is 0 Å². The van der Waals surface area contributed by atoms with Crippen LogP contribution in [0, 0.1) is 0 Å². The third kappa shape index (κ3) is 4.78. The van der Waals surface area contributed by atoms with E-state index < -0.39 is 18.5 Å². The van der Waals surface area contributed by atoms with Crippen LogP contribution in [0.3, 0.4) is 0 Å². The van der Waals surface area contributed by atoms with Gasteiger partial charge in [0, 0.05) is 0 Å². The maximum absolute atomic E-state index is 12.2. The SMILES string of the molecule is COc1ccc(OC)c(C(=O)OCC(=O)Nc2cccc(Cl)c2Cl)c1. The summed E-state index contributed by atoms with van der Waals surface area (Å²) in [4.78, 5) is 24.1. The first-order chi connectivity index (χ1) is 12.0. The van der Waals surface area contributed by atoms with Gasteiger partial charge in [0.2, 0.25) is 0 Å². The highest BCUT2D eigenvalue weighted by Gasteiger charge is 2.17. The van der Waals surface area contributed by atoms with Crippen LogP contribution in [-0.4, -0.2) is 32.7 Å². The number of hydrogen-bond donors (Lipinski definition) is 1. The predicted octanol–water partition coefficient (Wildman–Crippen LogP) is 3.81. The van der Waals surface area contributed by atoms with Crippen LogP contribution in [0.2, 0.25) is 10.0 Å². The molecule has 0 fully saturated rings. The Balaban J connectivity index is 2.02. The molecule has 0 saturated heterocycles. The summed E-state index contributed by atoms with van der Waals surface area (Å²) < 4.78 is 15.2. The van der Waals surface area contributed by atoms with Crippen LogP contribution in [0.4, 0.5) is 5.69 Å². The normalized spacial score (nSPS) is 10.1. The van der Waals surface area contributed by atoms with Crippen molar-refractivity contribution in [1.29, 1.82) is 0 Å². The number of ether oxygens (including phenoxy) is 3. The van der Waals surface area contributed by atoms with Gasteiger partial charge in [-0.05, 0) is 30.3 Å². The van der Waals surface area contributed by atoms with Crippen LogP contribution in [0.5, 0.6) is 11.5 Å². The number of carbonyl (C=O) groups excluding carboxylic acids is 2. The van der Waals surface area contributed by atoms with Crippen molar-refractivity contribution in [3.8, 4) is 11.5 Å². The first kappa shape index (κ1) is 18.9. The molecule has 0 atom stereocenters. The number of amides is 1. The minimum Gasteiger partial charge on any atom is -0.497 e. The van der Waals surface area contributed by atoms with Gasteiger partial charge in [-0.3, -0.25) is 4.79 Å². The van der Waals surface area contributed by atoms with E-state index in [4.69, 9.17) is 37.4 Å². The lowest BCUT2D eigenvalue weighted by molar-refractivity contribution is -0.119. The zero-order valence-electron chi connectivity index (χ0n) is 13.5. The van der Waals surface area contributed by atoms with Crippen LogP contribution in [0.25, 0.3) is 0 Å². The van der Waals surface area contributed by atoms with Gasteiger partial charge in [0.15, 0.2) is 6.61 Å². The molecular weight excluding hydrogens is 369 g/mol. The molecule has 0 aromatic heterocycles. The summed E-state index contributed by atoms with van der Waals surface area (Å²) in [5.41, 5.74) is 0.476. The van der Waals surface area contributed by atoms with Crippen molar-refractivity contribution < 1.29 is 23.8 Å². The highest BCUT2D eigenvalue weighted by Crippen LogP contribution is 2.29. The summed E-state index contributed by atoms with van der Waals surface area (Å²) in [5.74, 6) is -0.505. The zero-order valence-corrected chi connectivity index (χ0v) is 15.0. The van der Waals surface area contributed by atoms with Crippen LogP contribution in [0.15, 0.2) is 36.4 Å². The van der Waals surface area contributed by atoms with Gasteiger partial charge < -0.3 is 19.5 Å². The van der Waals surface area contributed by atoms with E-state index in [1.54, 1.807) is 30.3 Å². The molecule has 6 nitrogen and oxygen atoms in total. The number of nitrogens with one attached hydrogen (secondary N) is 1. The molecular formula is C17H15Cl2NO5. The number of halogens is 2. The Kier molecular flexibility index (Phi) is 6.50. The van der Waals surface area contributed by atoms with Gasteiger partial charge in [-0.15, -0.1) is 0 Å². The molecule has 2 aromatic rings. The smallest absolute Gasteiger partial charge is 0.342 e. The quantitative estimate of drug-likeness (QED) is 0.767. The third-order valence-electron chi connectivity index (χ3n) is 3.19. The Morgan fingerprint density at radius 1 is 1.08 bits per heavy atom. The molecule has 132 valence electrons. The minimum atomic E-state index is -0.719. The number of rotatable bonds is 6. The van der Waals surface area contributed by atoms with Gasteiger partial charge in [0.05, 0.1) is 30.0 Å². The maximum atomic E-state index is 12.2. The fraction of sp³-hybridized carbons (Fsp3) is 0.176. The molecule has 8 heteroatoms. The molecule has 0 bridgehead atoms. The first-order valence-electron chi connectivity index (χ1n) is 7.09. The number of hydrogen-bond acceptors (Lipinski definition) is 5.